The Morgan fingerprint density at radius 3 is 1.43 bits per heavy atom. The van der Waals surface area contributed by atoms with E-state index in [1.807, 2.05) is 0 Å². The highest BCUT2D eigenvalue weighted by Gasteiger charge is 2.70. The molecule has 3 nitrogen and oxygen atoms in total. The smallest absolute Gasteiger partial charge is 0.281 e. The molecule has 0 amide bonds. The molecule has 0 radical (unpaired) electrons. The second-order valence-electron chi connectivity index (χ2n) is 3.82. The highest BCUT2D eigenvalue weighted by molar-refractivity contribution is 7.87. The van der Waals surface area contributed by atoms with Gasteiger partial charge in [-0.1, -0.05) is 19.6 Å². The standard InChI is InChI=1S/C5H10F4O3SSi/c1-14(2,3)5(8,9)4(6,7)13(10,11)12/h1-3H3,(H,10,11,12). The Hall–Kier alpha value is -0.153. The Labute approximate surface area is 79.9 Å². The molecule has 0 aromatic carbocycles. The summed E-state index contributed by atoms with van der Waals surface area (Å²) in [4.78, 5) is 0. The SMILES string of the molecule is C[Si](C)(C)C(F)(F)C(F)(F)S(=O)(=O)O. The van der Waals surface area contributed by atoms with Crippen molar-refractivity contribution in [2.45, 2.75) is 30.4 Å². The van der Waals surface area contributed by atoms with Crippen LogP contribution in [0.2, 0.25) is 19.6 Å². The molecule has 0 saturated heterocycles. The maximum atomic E-state index is 13.0. The molecule has 14 heavy (non-hydrogen) atoms. The van der Waals surface area contributed by atoms with Gasteiger partial charge in [-0.05, 0) is 0 Å². The molecule has 0 aliphatic carbocycles. The van der Waals surface area contributed by atoms with Crippen molar-refractivity contribution in [2.75, 3.05) is 0 Å². The third kappa shape index (κ3) is 1.93. The molecular formula is C5H10F4O3SSi. The predicted molar refractivity (Wildman–Crippen MR) is 44.8 cm³/mol. The minimum Gasteiger partial charge on any atom is -0.281 e. The van der Waals surface area contributed by atoms with Crippen molar-refractivity contribution in [3.05, 3.63) is 0 Å². The fourth-order valence-electron chi connectivity index (χ4n) is 0.599. The van der Waals surface area contributed by atoms with E-state index in [-0.39, 0.29) is 0 Å². The highest BCUT2D eigenvalue weighted by atomic mass is 32.2. The summed E-state index contributed by atoms with van der Waals surface area (Å²) in [5.74, 6) is 0. The molecule has 0 fully saturated rings. The Morgan fingerprint density at radius 2 is 1.36 bits per heavy atom. The van der Waals surface area contributed by atoms with Crippen LogP contribution < -0.4 is 0 Å². The zero-order valence-electron chi connectivity index (χ0n) is 7.68. The van der Waals surface area contributed by atoms with Crippen LogP contribution in [0.25, 0.3) is 0 Å². The minimum atomic E-state index is -6.09. The first-order valence-electron chi connectivity index (χ1n) is 3.48. The molecule has 0 aromatic rings. The van der Waals surface area contributed by atoms with Gasteiger partial charge >= 0.3 is 20.9 Å². The molecule has 0 spiro atoms. The zero-order valence-corrected chi connectivity index (χ0v) is 9.50. The summed E-state index contributed by atoms with van der Waals surface area (Å²) in [6.07, 6.45) is 0. The van der Waals surface area contributed by atoms with Gasteiger partial charge in [0.2, 0.25) is 0 Å². The van der Waals surface area contributed by atoms with Gasteiger partial charge in [-0.2, -0.15) is 17.2 Å². The second kappa shape index (κ2) is 3.17. The van der Waals surface area contributed by atoms with Gasteiger partial charge in [-0.15, -0.1) is 0 Å². The summed E-state index contributed by atoms with van der Waals surface area (Å²) < 4.78 is 79.5. The lowest BCUT2D eigenvalue weighted by atomic mass is 10.7. The number of alkyl halides is 4. The van der Waals surface area contributed by atoms with Crippen LogP contribution in [0.1, 0.15) is 0 Å². The van der Waals surface area contributed by atoms with Crippen molar-refractivity contribution in [2.24, 2.45) is 0 Å². The quantitative estimate of drug-likeness (QED) is 0.476. The van der Waals surface area contributed by atoms with Gasteiger partial charge < -0.3 is 0 Å². The molecule has 0 atom stereocenters. The summed E-state index contributed by atoms with van der Waals surface area (Å²) in [5.41, 5.74) is -4.71. The van der Waals surface area contributed by atoms with Gasteiger partial charge in [-0.25, -0.2) is 8.78 Å². The molecule has 0 heterocycles. The van der Waals surface area contributed by atoms with E-state index < -0.39 is 29.0 Å². The van der Waals surface area contributed by atoms with E-state index in [4.69, 9.17) is 4.55 Å². The van der Waals surface area contributed by atoms with E-state index in [2.05, 4.69) is 0 Å². The van der Waals surface area contributed by atoms with Crippen molar-refractivity contribution < 1.29 is 30.5 Å². The molecule has 0 aliphatic heterocycles. The van der Waals surface area contributed by atoms with Crippen LogP contribution in [0.4, 0.5) is 17.6 Å². The monoisotopic (exact) mass is 254 g/mol. The molecule has 86 valence electrons. The van der Waals surface area contributed by atoms with E-state index in [1.54, 1.807) is 0 Å². The van der Waals surface area contributed by atoms with E-state index in [0.29, 0.717) is 0 Å². The van der Waals surface area contributed by atoms with E-state index in [0.717, 1.165) is 19.6 Å². The average Bonchev–Trinajstić information content (AvgIpc) is 1.81. The van der Waals surface area contributed by atoms with Crippen molar-refractivity contribution in [3.8, 4) is 0 Å². The summed E-state index contributed by atoms with van der Waals surface area (Å²) >= 11 is 0. The van der Waals surface area contributed by atoms with Crippen molar-refractivity contribution >= 4 is 18.2 Å². The van der Waals surface area contributed by atoms with Crippen molar-refractivity contribution in [1.29, 1.82) is 0 Å². The number of rotatable bonds is 3. The first-order chi connectivity index (χ1) is 5.75. The Morgan fingerprint density at radius 1 is 1.07 bits per heavy atom. The third-order valence-corrected chi connectivity index (χ3v) is 4.91. The first-order valence-corrected chi connectivity index (χ1v) is 8.42. The fourth-order valence-corrected chi connectivity index (χ4v) is 3.10. The molecule has 0 rings (SSSR count). The van der Waals surface area contributed by atoms with Crippen molar-refractivity contribution in [3.63, 3.8) is 0 Å². The molecule has 0 unspecified atom stereocenters. The van der Waals surface area contributed by atoms with Crippen LogP contribution in [0, 0.1) is 0 Å². The normalized spacial score (nSPS) is 15.7. The van der Waals surface area contributed by atoms with Gasteiger partial charge in [0.25, 0.3) is 0 Å². The summed E-state index contributed by atoms with van der Waals surface area (Å²) in [7, 11) is -9.84. The Bertz CT molecular complexity index is 318. The minimum absolute atomic E-state index is 0.881. The van der Waals surface area contributed by atoms with Gasteiger partial charge in [0.05, 0.1) is 0 Å². The maximum absolute atomic E-state index is 13.0. The van der Waals surface area contributed by atoms with Crippen molar-refractivity contribution in [1.82, 2.24) is 0 Å². The summed E-state index contributed by atoms with van der Waals surface area (Å²) in [5, 5.41) is -5.43. The zero-order chi connectivity index (χ0) is 12.0. The number of hydrogen-bond acceptors (Lipinski definition) is 2. The molecule has 0 aromatic heterocycles. The maximum Gasteiger partial charge on any atom is 0.427 e. The van der Waals surface area contributed by atoms with Crippen LogP contribution >= 0.6 is 0 Å². The van der Waals surface area contributed by atoms with E-state index >= 15 is 0 Å². The van der Waals surface area contributed by atoms with E-state index in [9.17, 15) is 26.0 Å². The number of hydrogen-bond donors (Lipinski definition) is 1. The lowest BCUT2D eigenvalue weighted by Gasteiger charge is -2.32. The fraction of sp³-hybridized carbons (Fsp3) is 1.00. The number of halogens is 4. The van der Waals surface area contributed by atoms with Crippen LogP contribution in [0.5, 0.6) is 0 Å². The predicted octanol–water partition coefficient (Wildman–Crippen LogP) is 1.98. The lowest BCUT2D eigenvalue weighted by molar-refractivity contribution is -0.109. The average molecular weight is 254 g/mol. The first kappa shape index (κ1) is 13.8. The molecule has 1 N–H and O–H groups in total. The van der Waals surface area contributed by atoms with Gasteiger partial charge in [-0.3, -0.25) is 4.55 Å². The highest BCUT2D eigenvalue weighted by Crippen LogP contribution is 2.44. The lowest BCUT2D eigenvalue weighted by Crippen LogP contribution is -2.60. The van der Waals surface area contributed by atoms with E-state index in [1.165, 1.54) is 0 Å². The second-order valence-corrected chi connectivity index (χ2v) is 10.4. The van der Waals surface area contributed by atoms with Gasteiger partial charge in [0.15, 0.2) is 0 Å². The largest absolute Gasteiger partial charge is 0.427 e. The topological polar surface area (TPSA) is 54.4 Å². The van der Waals surface area contributed by atoms with Crippen LogP contribution in [0.3, 0.4) is 0 Å². The van der Waals surface area contributed by atoms with Gasteiger partial charge in [0, 0.05) is 0 Å². The molecule has 0 aliphatic rings. The van der Waals surface area contributed by atoms with Crippen LogP contribution in [-0.4, -0.2) is 31.8 Å². The third-order valence-electron chi connectivity index (χ3n) is 1.63. The Balaban J connectivity index is 5.54. The van der Waals surface area contributed by atoms with Crippen LogP contribution in [0.15, 0.2) is 0 Å². The molecular weight excluding hydrogens is 244 g/mol. The molecule has 0 bridgehead atoms. The Kier molecular flexibility index (Phi) is 3.14. The van der Waals surface area contributed by atoms with Gasteiger partial charge in [0.1, 0.15) is 8.07 Å². The summed E-state index contributed by atoms with van der Waals surface area (Å²) in [6.45, 7) is 2.64. The van der Waals surface area contributed by atoms with Crippen LogP contribution in [-0.2, 0) is 10.1 Å². The summed E-state index contributed by atoms with van der Waals surface area (Å²) in [6, 6.07) is 0. The molecule has 0 saturated carbocycles. The molecule has 9 heteroatoms.